The third kappa shape index (κ3) is 5.12. The van der Waals surface area contributed by atoms with Gasteiger partial charge in [-0.25, -0.2) is 0 Å². The second kappa shape index (κ2) is 8.77. The third-order valence-corrected chi connectivity index (χ3v) is 4.24. The normalized spacial score (nSPS) is 12.3. The quantitative estimate of drug-likeness (QED) is 0.550. The monoisotopic (exact) mass is 305 g/mol. The summed E-state index contributed by atoms with van der Waals surface area (Å²) in [7, 11) is 0. The summed E-state index contributed by atoms with van der Waals surface area (Å²) in [5.41, 5.74) is 3.97. The molecule has 0 bridgehead atoms. The maximum absolute atomic E-state index is 5.70. The van der Waals surface area contributed by atoms with Crippen LogP contribution in [0, 0.1) is 0 Å². The first kappa shape index (κ1) is 15.9. The summed E-state index contributed by atoms with van der Waals surface area (Å²) in [5.74, 6) is 6.51. The molecule has 0 spiro atoms. The van der Waals surface area contributed by atoms with Crippen LogP contribution in [0.15, 0.2) is 36.0 Å². The van der Waals surface area contributed by atoms with Gasteiger partial charge in [0.2, 0.25) is 0 Å². The molecule has 0 radical (unpaired) electrons. The van der Waals surface area contributed by atoms with Crippen LogP contribution in [0.2, 0.25) is 0 Å². The van der Waals surface area contributed by atoms with Crippen molar-refractivity contribution < 1.29 is 4.74 Å². The summed E-state index contributed by atoms with van der Waals surface area (Å²) < 4.78 is 5.62. The van der Waals surface area contributed by atoms with Crippen LogP contribution in [0.5, 0.6) is 5.75 Å². The van der Waals surface area contributed by atoms with E-state index in [-0.39, 0.29) is 6.04 Å². The molecule has 0 fully saturated rings. The molecule has 0 aliphatic heterocycles. The molecule has 1 atom stereocenters. The predicted molar refractivity (Wildman–Crippen MR) is 87.3 cm³/mol. The summed E-state index contributed by atoms with van der Waals surface area (Å²) in [4.78, 5) is 5.67. The standard InChI is InChI=1S/C16H23N3OS/c1-2-8-20-14-10-13(11-18-12-14)16(19-17)7-3-5-15-6-4-9-21-15/h4,6,9-12,16,19H,2-3,5,7-8,17H2,1H3. The lowest BCUT2D eigenvalue weighted by Crippen LogP contribution is -2.28. The number of aryl methyl sites for hydroxylation is 1. The van der Waals surface area contributed by atoms with Crippen molar-refractivity contribution in [2.75, 3.05) is 6.61 Å². The lowest BCUT2D eigenvalue weighted by Gasteiger charge is -2.16. The average molecular weight is 305 g/mol. The molecule has 2 aromatic rings. The predicted octanol–water partition coefficient (Wildman–Crippen LogP) is 3.46. The summed E-state index contributed by atoms with van der Waals surface area (Å²) in [6.45, 7) is 2.80. The number of nitrogens with one attached hydrogen (secondary N) is 1. The highest BCUT2D eigenvalue weighted by molar-refractivity contribution is 7.09. The molecule has 1 unspecified atom stereocenters. The Bertz CT molecular complexity index is 516. The smallest absolute Gasteiger partial charge is 0.137 e. The number of nitrogens with two attached hydrogens (primary N) is 1. The van der Waals surface area contributed by atoms with Gasteiger partial charge < -0.3 is 4.74 Å². The van der Waals surface area contributed by atoms with Crippen molar-refractivity contribution in [3.05, 3.63) is 46.4 Å². The fraction of sp³-hybridized carbons (Fsp3) is 0.438. The highest BCUT2D eigenvalue weighted by atomic mass is 32.1. The number of rotatable bonds is 9. The summed E-state index contributed by atoms with van der Waals surface area (Å²) in [6, 6.07) is 6.41. The number of aromatic nitrogens is 1. The molecule has 3 N–H and O–H groups in total. The maximum atomic E-state index is 5.70. The van der Waals surface area contributed by atoms with E-state index in [9.17, 15) is 0 Å². The molecule has 0 aliphatic rings. The SMILES string of the molecule is CCCOc1cncc(C(CCCc2cccs2)NN)c1. The molecule has 5 heteroatoms. The van der Waals surface area contributed by atoms with E-state index < -0.39 is 0 Å². The van der Waals surface area contributed by atoms with E-state index >= 15 is 0 Å². The Morgan fingerprint density at radius 1 is 1.43 bits per heavy atom. The zero-order valence-electron chi connectivity index (χ0n) is 12.4. The Kier molecular flexibility index (Phi) is 6.66. The Morgan fingerprint density at radius 3 is 3.05 bits per heavy atom. The topological polar surface area (TPSA) is 60.2 Å². The second-order valence-electron chi connectivity index (χ2n) is 4.99. The highest BCUT2D eigenvalue weighted by Crippen LogP contribution is 2.22. The van der Waals surface area contributed by atoms with Crippen molar-refractivity contribution in [2.24, 2.45) is 5.84 Å². The molecule has 0 aliphatic carbocycles. The van der Waals surface area contributed by atoms with Gasteiger partial charge in [-0.2, -0.15) is 0 Å². The summed E-state index contributed by atoms with van der Waals surface area (Å²) in [6.07, 6.45) is 7.76. The van der Waals surface area contributed by atoms with Gasteiger partial charge in [-0.15, -0.1) is 11.3 Å². The molecule has 114 valence electrons. The molecule has 0 aromatic carbocycles. The molecule has 0 amide bonds. The number of hydrogen-bond acceptors (Lipinski definition) is 5. The van der Waals surface area contributed by atoms with Crippen molar-refractivity contribution in [1.29, 1.82) is 0 Å². The number of nitrogens with zero attached hydrogens (tertiary/aromatic N) is 1. The van der Waals surface area contributed by atoms with E-state index in [1.165, 1.54) is 4.88 Å². The minimum absolute atomic E-state index is 0.114. The number of thiophene rings is 1. The van der Waals surface area contributed by atoms with Crippen LogP contribution >= 0.6 is 11.3 Å². The Balaban J connectivity index is 1.90. The molecular formula is C16H23N3OS. The number of hydrogen-bond donors (Lipinski definition) is 2. The maximum Gasteiger partial charge on any atom is 0.137 e. The molecule has 2 rings (SSSR count). The van der Waals surface area contributed by atoms with Crippen LogP contribution in [0.4, 0.5) is 0 Å². The van der Waals surface area contributed by atoms with Crippen LogP contribution in [0.1, 0.15) is 42.7 Å². The highest BCUT2D eigenvalue weighted by Gasteiger charge is 2.11. The third-order valence-electron chi connectivity index (χ3n) is 3.31. The summed E-state index contributed by atoms with van der Waals surface area (Å²) in [5, 5.41) is 2.12. The van der Waals surface area contributed by atoms with E-state index in [0.29, 0.717) is 6.61 Å². The van der Waals surface area contributed by atoms with Crippen molar-refractivity contribution in [3.63, 3.8) is 0 Å². The van der Waals surface area contributed by atoms with Crippen LogP contribution in [-0.4, -0.2) is 11.6 Å². The van der Waals surface area contributed by atoms with Gasteiger partial charge in [-0.1, -0.05) is 13.0 Å². The van der Waals surface area contributed by atoms with Gasteiger partial charge in [0, 0.05) is 17.1 Å². The largest absolute Gasteiger partial charge is 0.492 e. The summed E-state index contributed by atoms with van der Waals surface area (Å²) >= 11 is 1.81. The van der Waals surface area contributed by atoms with Crippen LogP contribution in [-0.2, 0) is 6.42 Å². The van der Waals surface area contributed by atoms with Gasteiger partial charge in [0.25, 0.3) is 0 Å². The molecule has 4 nitrogen and oxygen atoms in total. The zero-order valence-corrected chi connectivity index (χ0v) is 13.2. The van der Waals surface area contributed by atoms with Crippen molar-refractivity contribution in [2.45, 2.75) is 38.6 Å². The van der Waals surface area contributed by atoms with Gasteiger partial charge in [0.05, 0.1) is 12.8 Å². The van der Waals surface area contributed by atoms with Gasteiger partial charge in [0.1, 0.15) is 5.75 Å². The second-order valence-corrected chi connectivity index (χ2v) is 6.03. The van der Waals surface area contributed by atoms with Crippen molar-refractivity contribution >= 4 is 11.3 Å². The van der Waals surface area contributed by atoms with E-state index in [4.69, 9.17) is 10.6 Å². The van der Waals surface area contributed by atoms with Gasteiger partial charge in [-0.05, 0) is 48.8 Å². The van der Waals surface area contributed by atoms with E-state index in [1.807, 2.05) is 12.3 Å². The molecular weight excluding hydrogens is 282 g/mol. The molecule has 0 saturated heterocycles. The molecule has 2 heterocycles. The minimum Gasteiger partial charge on any atom is -0.492 e. The average Bonchev–Trinajstić information content (AvgIpc) is 3.03. The fourth-order valence-corrected chi connectivity index (χ4v) is 2.96. The van der Waals surface area contributed by atoms with E-state index in [0.717, 1.165) is 37.0 Å². The van der Waals surface area contributed by atoms with Crippen molar-refractivity contribution in [1.82, 2.24) is 10.4 Å². The fourth-order valence-electron chi connectivity index (χ4n) is 2.21. The Morgan fingerprint density at radius 2 is 2.33 bits per heavy atom. The minimum atomic E-state index is 0.114. The first-order chi connectivity index (χ1) is 10.3. The van der Waals surface area contributed by atoms with Gasteiger partial charge in [0.15, 0.2) is 0 Å². The van der Waals surface area contributed by atoms with Gasteiger partial charge in [-0.3, -0.25) is 16.3 Å². The van der Waals surface area contributed by atoms with Crippen LogP contribution in [0.3, 0.4) is 0 Å². The van der Waals surface area contributed by atoms with Crippen molar-refractivity contribution in [3.8, 4) is 5.75 Å². The number of hydrazine groups is 1. The van der Waals surface area contributed by atoms with Crippen LogP contribution < -0.4 is 16.0 Å². The lowest BCUT2D eigenvalue weighted by molar-refractivity contribution is 0.315. The molecule has 2 aromatic heterocycles. The lowest BCUT2D eigenvalue weighted by atomic mass is 10.0. The first-order valence-electron chi connectivity index (χ1n) is 7.39. The van der Waals surface area contributed by atoms with E-state index in [2.05, 4.69) is 34.8 Å². The van der Waals surface area contributed by atoms with Gasteiger partial charge >= 0.3 is 0 Å². The Hall–Kier alpha value is -1.43. The molecule has 0 saturated carbocycles. The first-order valence-corrected chi connectivity index (χ1v) is 8.27. The molecule has 21 heavy (non-hydrogen) atoms. The number of ether oxygens (including phenoxy) is 1. The Labute approximate surface area is 130 Å². The van der Waals surface area contributed by atoms with Crippen LogP contribution in [0.25, 0.3) is 0 Å². The number of pyridine rings is 1. The van der Waals surface area contributed by atoms with E-state index in [1.54, 1.807) is 17.5 Å². The zero-order chi connectivity index (χ0) is 14.9.